The molecular formula is C15H21NO3. The summed E-state index contributed by atoms with van der Waals surface area (Å²) in [5, 5.41) is 0. The van der Waals surface area contributed by atoms with Crippen molar-refractivity contribution in [2.45, 2.75) is 19.8 Å². The Bertz CT molecular complexity index is 473. The van der Waals surface area contributed by atoms with Gasteiger partial charge in [-0.3, -0.25) is 4.79 Å². The minimum atomic E-state index is -0.525. The van der Waals surface area contributed by atoms with Crippen molar-refractivity contribution in [3.05, 3.63) is 29.3 Å². The first-order valence-electron chi connectivity index (χ1n) is 6.54. The third-order valence-electron chi connectivity index (χ3n) is 3.74. The highest BCUT2D eigenvalue weighted by Crippen LogP contribution is 2.33. The van der Waals surface area contributed by atoms with Gasteiger partial charge in [0.15, 0.2) is 5.78 Å². The van der Waals surface area contributed by atoms with Crippen molar-refractivity contribution >= 4 is 5.78 Å². The Morgan fingerprint density at radius 2 is 2.16 bits per heavy atom. The number of Topliss-reactive ketones (excluding diaryl/α,β-unsaturated/α-hetero) is 1. The summed E-state index contributed by atoms with van der Waals surface area (Å²) in [5.41, 5.74) is 6.95. The Kier molecular flexibility index (Phi) is 3.92. The molecule has 0 atom stereocenters. The zero-order valence-corrected chi connectivity index (χ0v) is 11.7. The van der Waals surface area contributed by atoms with Crippen molar-refractivity contribution < 1.29 is 14.3 Å². The lowest BCUT2D eigenvalue weighted by atomic mass is 9.78. The van der Waals surface area contributed by atoms with Gasteiger partial charge in [-0.2, -0.15) is 0 Å². The number of benzene rings is 1. The fourth-order valence-electron chi connectivity index (χ4n) is 2.32. The Balaban J connectivity index is 2.35. The highest BCUT2D eigenvalue weighted by atomic mass is 16.5. The van der Waals surface area contributed by atoms with Crippen molar-refractivity contribution in [3.63, 3.8) is 0 Å². The summed E-state index contributed by atoms with van der Waals surface area (Å²) in [6.45, 7) is 5.33. The molecule has 0 bridgehead atoms. The van der Waals surface area contributed by atoms with Gasteiger partial charge in [0.05, 0.1) is 25.7 Å². The van der Waals surface area contributed by atoms with Crippen molar-refractivity contribution in [1.29, 1.82) is 0 Å². The first-order chi connectivity index (χ1) is 9.04. The molecule has 4 heteroatoms. The van der Waals surface area contributed by atoms with E-state index in [-0.39, 0.29) is 5.78 Å². The molecule has 1 aromatic rings. The topological polar surface area (TPSA) is 61.5 Å². The van der Waals surface area contributed by atoms with Gasteiger partial charge < -0.3 is 15.2 Å². The summed E-state index contributed by atoms with van der Waals surface area (Å²) in [5.74, 6) is 1.19. The normalized spacial score (nSPS) is 17.1. The van der Waals surface area contributed by atoms with Gasteiger partial charge in [-0.1, -0.05) is 13.8 Å². The predicted octanol–water partition coefficient (Wildman–Crippen LogP) is 1.98. The number of rotatable bonds is 5. The molecule has 0 aromatic heterocycles. The van der Waals surface area contributed by atoms with Crippen molar-refractivity contribution in [3.8, 4) is 5.75 Å². The largest absolute Gasteiger partial charge is 0.496 e. The van der Waals surface area contributed by atoms with E-state index in [1.807, 2.05) is 18.2 Å². The van der Waals surface area contributed by atoms with E-state index in [4.69, 9.17) is 15.2 Å². The molecule has 1 aliphatic heterocycles. The van der Waals surface area contributed by atoms with Crippen LogP contribution >= 0.6 is 0 Å². The number of ether oxygens (including phenoxy) is 2. The van der Waals surface area contributed by atoms with Crippen LogP contribution in [0, 0.1) is 5.41 Å². The van der Waals surface area contributed by atoms with E-state index in [9.17, 15) is 4.79 Å². The standard InChI is InChI=1S/C15H21NO3/c1-10(2)12-6-11(4-5-13(12)18-3)14(17)15(7-16)8-19-9-15/h4-6,10H,7-9,16H2,1-3H3. The molecule has 2 N–H and O–H groups in total. The maximum absolute atomic E-state index is 12.6. The van der Waals surface area contributed by atoms with E-state index in [2.05, 4.69) is 13.8 Å². The summed E-state index contributed by atoms with van der Waals surface area (Å²) < 4.78 is 10.5. The Hall–Kier alpha value is -1.39. The minimum absolute atomic E-state index is 0.0748. The number of ketones is 1. The van der Waals surface area contributed by atoms with Crippen LogP contribution in [0.4, 0.5) is 0 Å². The van der Waals surface area contributed by atoms with E-state index in [0.717, 1.165) is 11.3 Å². The lowest BCUT2D eigenvalue weighted by Crippen LogP contribution is -2.54. The molecule has 1 aromatic carbocycles. The lowest BCUT2D eigenvalue weighted by molar-refractivity contribution is -0.0816. The SMILES string of the molecule is COc1ccc(C(=O)C2(CN)COC2)cc1C(C)C. The Morgan fingerprint density at radius 1 is 1.47 bits per heavy atom. The molecule has 1 heterocycles. The fourth-order valence-corrected chi connectivity index (χ4v) is 2.32. The molecule has 0 spiro atoms. The number of carbonyl (C=O) groups is 1. The molecule has 1 fully saturated rings. The van der Waals surface area contributed by atoms with Crippen LogP contribution in [-0.2, 0) is 4.74 Å². The van der Waals surface area contributed by atoms with Gasteiger partial charge in [-0.05, 0) is 29.7 Å². The second-order valence-electron chi connectivity index (χ2n) is 5.42. The smallest absolute Gasteiger partial charge is 0.174 e. The number of carbonyl (C=O) groups excluding carboxylic acids is 1. The number of nitrogens with two attached hydrogens (primary N) is 1. The molecule has 1 aliphatic rings. The molecule has 0 saturated carbocycles. The summed E-state index contributed by atoms with van der Waals surface area (Å²) >= 11 is 0. The Morgan fingerprint density at radius 3 is 2.58 bits per heavy atom. The third kappa shape index (κ3) is 2.38. The first-order valence-corrected chi connectivity index (χ1v) is 6.54. The third-order valence-corrected chi connectivity index (χ3v) is 3.74. The fraction of sp³-hybridized carbons (Fsp3) is 0.533. The van der Waals surface area contributed by atoms with E-state index in [1.54, 1.807) is 7.11 Å². The molecule has 0 amide bonds. The number of methoxy groups -OCH3 is 1. The van der Waals surface area contributed by atoms with Crippen molar-refractivity contribution in [1.82, 2.24) is 0 Å². The van der Waals surface area contributed by atoms with Crippen LogP contribution in [0.1, 0.15) is 35.7 Å². The summed E-state index contributed by atoms with van der Waals surface area (Å²) in [4.78, 5) is 12.6. The molecule has 4 nitrogen and oxygen atoms in total. The maximum Gasteiger partial charge on any atom is 0.174 e. The summed E-state index contributed by atoms with van der Waals surface area (Å²) in [6, 6.07) is 5.58. The van der Waals surface area contributed by atoms with Gasteiger partial charge in [0.25, 0.3) is 0 Å². The molecular weight excluding hydrogens is 242 g/mol. The second kappa shape index (κ2) is 5.31. The predicted molar refractivity (Wildman–Crippen MR) is 73.7 cm³/mol. The van der Waals surface area contributed by atoms with E-state index in [0.29, 0.717) is 31.2 Å². The van der Waals surface area contributed by atoms with Gasteiger partial charge in [0.1, 0.15) is 5.75 Å². The summed E-state index contributed by atoms with van der Waals surface area (Å²) in [6.07, 6.45) is 0. The molecule has 19 heavy (non-hydrogen) atoms. The van der Waals surface area contributed by atoms with Crippen molar-refractivity contribution in [2.75, 3.05) is 26.9 Å². The van der Waals surface area contributed by atoms with Gasteiger partial charge in [0.2, 0.25) is 0 Å². The van der Waals surface area contributed by atoms with Crippen LogP contribution < -0.4 is 10.5 Å². The monoisotopic (exact) mass is 263 g/mol. The molecule has 104 valence electrons. The first kappa shape index (κ1) is 14.0. The van der Waals surface area contributed by atoms with Crippen molar-refractivity contribution in [2.24, 2.45) is 11.1 Å². The highest BCUT2D eigenvalue weighted by molar-refractivity contribution is 6.01. The zero-order valence-electron chi connectivity index (χ0n) is 11.7. The zero-order chi connectivity index (χ0) is 14.0. The Labute approximate surface area is 113 Å². The number of hydrogen-bond acceptors (Lipinski definition) is 4. The van der Waals surface area contributed by atoms with Gasteiger partial charge >= 0.3 is 0 Å². The van der Waals surface area contributed by atoms with E-state index in [1.165, 1.54) is 0 Å². The summed E-state index contributed by atoms with van der Waals surface area (Å²) in [7, 11) is 1.64. The average Bonchev–Trinajstić information content (AvgIpc) is 2.37. The maximum atomic E-state index is 12.6. The quantitative estimate of drug-likeness (QED) is 0.825. The van der Waals surface area contributed by atoms with E-state index >= 15 is 0 Å². The van der Waals surface area contributed by atoms with Gasteiger partial charge in [-0.15, -0.1) is 0 Å². The molecule has 0 aliphatic carbocycles. The molecule has 1 saturated heterocycles. The average molecular weight is 263 g/mol. The lowest BCUT2D eigenvalue weighted by Gasteiger charge is -2.39. The van der Waals surface area contributed by atoms with Crippen LogP contribution in [-0.4, -0.2) is 32.7 Å². The molecule has 0 radical (unpaired) electrons. The second-order valence-corrected chi connectivity index (χ2v) is 5.42. The minimum Gasteiger partial charge on any atom is -0.496 e. The van der Waals surface area contributed by atoms with Gasteiger partial charge in [0, 0.05) is 12.1 Å². The molecule has 2 rings (SSSR count). The van der Waals surface area contributed by atoms with Crippen LogP contribution in [0.2, 0.25) is 0 Å². The van der Waals surface area contributed by atoms with Crippen LogP contribution in [0.15, 0.2) is 18.2 Å². The molecule has 0 unspecified atom stereocenters. The van der Waals surface area contributed by atoms with Crippen LogP contribution in [0.5, 0.6) is 5.75 Å². The van der Waals surface area contributed by atoms with Gasteiger partial charge in [-0.25, -0.2) is 0 Å². The van der Waals surface area contributed by atoms with Crippen LogP contribution in [0.25, 0.3) is 0 Å². The van der Waals surface area contributed by atoms with Crippen LogP contribution in [0.3, 0.4) is 0 Å². The van der Waals surface area contributed by atoms with E-state index < -0.39 is 5.41 Å². The highest BCUT2D eigenvalue weighted by Gasteiger charge is 2.44. The number of hydrogen-bond donors (Lipinski definition) is 1.